The Hall–Kier alpha value is -5.54. The summed E-state index contributed by atoms with van der Waals surface area (Å²) in [4.78, 5) is 34.5. The summed E-state index contributed by atoms with van der Waals surface area (Å²) in [5.74, 6) is -1.11. The highest BCUT2D eigenvalue weighted by Crippen LogP contribution is 2.62. The molecule has 2 aliphatic heterocycles. The minimum absolute atomic E-state index is 0.0114. The summed E-state index contributed by atoms with van der Waals surface area (Å²) in [6, 6.07) is 15.8. The van der Waals surface area contributed by atoms with Gasteiger partial charge in [-0.3, -0.25) is 9.69 Å². The van der Waals surface area contributed by atoms with E-state index in [2.05, 4.69) is 19.2 Å². The van der Waals surface area contributed by atoms with Crippen molar-refractivity contribution in [2.45, 2.75) is 101 Å². The van der Waals surface area contributed by atoms with Gasteiger partial charge < -0.3 is 43.5 Å². The number of benzene rings is 3. The summed E-state index contributed by atoms with van der Waals surface area (Å²) in [6.45, 7) is 8.64. The number of hydrogen-bond donors (Lipinski definition) is 2. The molecule has 2 N–H and O–H groups in total. The lowest BCUT2D eigenvalue weighted by Crippen LogP contribution is -2.70. The van der Waals surface area contributed by atoms with Crippen LogP contribution in [0.2, 0.25) is 0 Å². The van der Waals surface area contributed by atoms with Crippen LogP contribution in [0.3, 0.4) is 0 Å². The molecule has 4 aliphatic rings. The SMILES string of the molecule is C=CCCOC(=O)N(Cc1ccc(F)cc1)C1CC(=NOC2CCCCO2)C2=CC(CCCCO)C(CCCCO)C3c4cc(Oc5ccc(OC)c(C=O)c5)ccc4OC1(OCC=C)C23. The van der Waals surface area contributed by atoms with Gasteiger partial charge >= 0.3 is 6.09 Å². The van der Waals surface area contributed by atoms with Crippen LogP contribution in [-0.4, -0.2) is 91.5 Å². The summed E-state index contributed by atoms with van der Waals surface area (Å²) in [7, 11) is 1.50. The molecule has 7 rings (SSSR count). The third kappa shape index (κ3) is 11.0. The lowest BCUT2D eigenvalue weighted by molar-refractivity contribution is -0.256. The van der Waals surface area contributed by atoms with E-state index in [1.54, 1.807) is 53.5 Å². The average Bonchev–Trinajstić information content (AvgIpc) is 3.34. The number of halogens is 1. The van der Waals surface area contributed by atoms with E-state index in [0.29, 0.717) is 72.1 Å². The highest BCUT2D eigenvalue weighted by Gasteiger charge is 2.65. The second-order valence-electron chi connectivity index (χ2n) is 17.2. The number of aliphatic hydroxyl groups excluding tert-OH is 2. The fourth-order valence-corrected chi connectivity index (χ4v) is 10.0. The molecule has 66 heavy (non-hydrogen) atoms. The number of hydrogen-bond acceptors (Lipinski definition) is 12. The Labute approximate surface area is 386 Å². The molecule has 0 spiro atoms. The Balaban J connectivity index is 1.45. The van der Waals surface area contributed by atoms with Crippen LogP contribution in [0, 0.1) is 23.6 Å². The maximum absolute atomic E-state index is 14.7. The van der Waals surface area contributed by atoms with E-state index in [0.717, 1.165) is 55.9 Å². The number of amides is 1. The number of methoxy groups -OCH3 is 1. The molecule has 2 fully saturated rings. The van der Waals surface area contributed by atoms with Crippen LogP contribution in [0.4, 0.5) is 9.18 Å². The standard InChI is InChI=1S/C52H63FN2O11/c1-4-6-27-62-51(59)55(33-35-16-18-38(53)19-17-35)47-32-44(54-66-48-15-9-12-28-61-48)42-30-36(13-7-10-24-56)41(14-8-11-25-57)49-43-31-40(64-39-20-22-45(60-3)37(29-39)34-58)21-23-46(43)65-52(47,50(42)49)63-26-5-2/h4-5,16-23,29-31,34,36,41,47-50,56-57H,1-2,6-15,24-28,32-33H2,3H3. The number of oxime groups is 1. The lowest BCUT2D eigenvalue weighted by atomic mass is 9.55. The molecular weight excluding hydrogens is 848 g/mol. The Morgan fingerprint density at radius 1 is 0.985 bits per heavy atom. The first-order valence-electron chi connectivity index (χ1n) is 23.2. The van der Waals surface area contributed by atoms with E-state index in [1.807, 2.05) is 12.1 Å². The molecule has 1 saturated heterocycles. The van der Waals surface area contributed by atoms with Gasteiger partial charge in [0.15, 0.2) is 6.29 Å². The minimum Gasteiger partial charge on any atom is -0.496 e. The molecular formula is C52H63FN2O11. The van der Waals surface area contributed by atoms with Gasteiger partial charge in [-0.05, 0) is 116 Å². The van der Waals surface area contributed by atoms with Crippen molar-refractivity contribution >= 4 is 18.1 Å². The molecule has 2 heterocycles. The van der Waals surface area contributed by atoms with Crippen LogP contribution >= 0.6 is 0 Å². The molecule has 0 aromatic heterocycles. The molecule has 3 aromatic carbocycles. The Kier molecular flexibility index (Phi) is 17.1. The van der Waals surface area contributed by atoms with Gasteiger partial charge in [0.1, 0.15) is 34.9 Å². The molecule has 3 aromatic rings. The Bertz CT molecular complexity index is 2190. The fraction of sp³-hybridized carbons (Fsp3) is 0.481. The number of ether oxygens (including phenoxy) is 6. The van der Waals surface area contributed by atoms with Crippen LogP contribution in [0.5, 0.6) is 23.0 Å². The number of rotatable bonds is 23. The number of unbranched alkanes of at least 4 members (excludes halogenated alkanes) is 2. The third-order valence-electron chi connectivity index (χ3n) is 13.1. The zero-order valence-corrected chi connectivity index (χ0v) is 37.8. The van der Waals surface area contributed by atoms with Gasteiger partial charge in [-0.15, -0.1) is 13.2 Å². The Morgan fingerprint density at radius 2 is 1.76 bits per heavy atom. The predicted octanol–water partition coefficient (Wildman–Crippen LogP) is 9.81. The second kappa shape index (κ2) is 23.3. The number of carbonyl (C=O) groups excluding carboxylic acids is 2. The maximum atomic E-state index is 14.7. The van der Waals surface area contributed by atoms with Crippen LogP contribution in [0.1, 0.15) is 98.0 Å². The van der Waals surface area contributed by atoms with Crippen molar-refractivity contribution < 1.29 is 57.5 Å². The Morgan fingerprint density at radius 3 is 2.47 bits per heavy atom. The van der Waals surface area contributed by atoms with Crippen molar-refractivity contribution in [2.24, 2.45) is 22.9 Å². The lowest BCUT2D eigenvalue weighted by Gasteiger charge is -2.60. The normalized spacial score (nSPS) is 24.7. The zero-order chi connectivity index (χ0) is 46.5. The molecule has 0 radical (unpaired) electrons. The molecule has 1 amide bonds. The predicted molar refractivity (Wildman–Crippen MR) is 246 cm³/mol. The number of carbonyl (C=O) groups is 2. The summed E-state index contributed by atoms with van der Waals surface area (Å²) >= 11 is 0. The molecule has 7 atom stereocenters. The van der Waals surface area contributed by atoms with Crippen molar-refractivity contribution in [1.29, 1.82) is 0 Å². The first-order valence-corrected chi connectivity index (χ1v) is 23.2. The number of nitrogens with zero attached hydrogens (tertiary/aromatic N) is 2. The zero-order valence-electron chi connectivity index (χ0n) is 37.8. The van der Waals surface area contributed by atoms with E-state index >= 15 is 0 Å². The van der Waals surface area contributed by atoms with E-state index in [1.165, 1.54) is 19.2 Å². The molecule has 1 saturated carbocycles. The first kappa shape index (κ1) is 48.4. The van der Waals surface area contributed by atoms with Crippen LogP contribution in [-0.2, 0) is 25.6 Å². The van der Waals surface area contributed by atoms with Crippen LogP contribution < -0.4 is 14.2 Å². The van der Waals surface area contributed by atoms with Gasteiger partial charge in [-0.1, -0.05) is 48.4 Å². The largest absolute Gasteiger partial charge is 0.496 e. The minimum atomic E-state index is -1.57. The van der Waals surface area contributed by atoms with Crippen molar-refractivity contribution in [3.05, 3.63) is 120 Å². The summed E-state index contributed by atoms with van der Waals surface area (Å²) in [6.07, 6.45) is 12.4. The molecule has 2 aliphatic carbocycles. The number of fused-ring (bicyclic) bond motifs is 2. The maximum Gasteiger partial charge on any atom is 0.410 e. The van der Waals surface area contributed by atoms with E-state index < -0.39 is 35.9 Å². The molecule has 354 valence electrons. The molecule has 13 nitrogen and oxygen atoms in total. The molecule has 14 heteroatoms. The average molecular weight is 911 g/mol. The molecule has 7 unspecified atom stereocenters. The fourth-order valence-electron chi connectivity index (χ4n) is 10.0. The highest BCUT2D eigenvalue weighted by atomic mass is 19.1. The van der Waals surface area contributed by atoms with Gasteiger partial charge in [-0.2, -0.15) is 0 Å². The van der Waals surface area contributed by atoms with Gasteiger partial charge in [0, 0.05) is 44.1 Å². The summed E-state index contributed by atoms with van der Waals surface area (Å²) in [5, 5.41) is 24.9. The highest BCUT2D eigenvalue weighted by molar-refractivity contribution is 6.03. The number of aldehydes is 1. The summed E-state index contributed by atoms with van der Waals surface area (Å²) < 4.78 is 52.6. The van der Waals surface area contributed by atoms with Crippen LogP contribution in [0.15, 0.2) is 103 Å². The van der Waals surface area contributed by atoms with E-state index in [4.69, 9.17) is 38.4 Å². The van der Waals surface area contributed by atoms with Gasteiger partial charge in [0.05, 0.1) is 44.1 Å². The van der Waals surface area contributed by atoms with Gasteiger partial charge in [0.2, 0.25) is 12.1 Å². The molecule has 0 bridgehead atoms. The van der Waals surface area contributed by atoms with E-state index in [-0.39, 0.29) is 57.1 Å². The van der Waals surface area contributed by atoms with Crippen molar-refractivity contribution in [1.82, 2.24) is 4.90 Å². The topological polar surface area (TPSA) is 155 Å². The number of allylic oxidation sites excluding steroid dienone is 1. The van der Waals surface area contributed by atoms with Crippen molar-refractivity contribution in [2.75, 3.05) is 40.1 Å². The van der Waals surface area contributed by atoms with Gasteiger partial charge in [0.25, 0.3) is 0 Å². The van der Waals surface area contributed by atoms with Crippen LogP contribution in [0.25, 0.3) is 0 Å². The van der Waals surface area contributed by atoms with Gasteiger partial charge in [-0.25, -0.2) is 9.18 Å². The van der Waals surface area contributed by atoms with Crippen molar-refractivity contribution in [3.8, 4) is 23.0 Å². The second-order valence-corrected chi connectivity index (χ2v) is 17.2. The smallest absolute Gasteiger partial charge is 0.410 e. The van der Waals surface area contributed by atoms with Crippen molar-refractivity contribution in [3.63, 3.8) is 0 Å². The first-order chi connectivity index (χ1) is 32.3. The van der Waals surface area contributed by atoms with E-state index in [9.17, 15) is 24.2 Å². The summed E-state index contributed by atoms with van der Waals surface area (Å²) in [5.41, 5.74) is 3.30. The quantitative estimate of drug-likeness (QED) is 0.0404. The monoisotopic (exact) mass is 910 g/mol. The number of aliphatic hydroxyl groups is 2. The third-order valence-corrected chi connectivity index (χ3v) is 13.1.